The maximum atomic E-state index is 9.57. The lowest BCUT2D eigenvalue weighted by Gasteiger charge is -2.33. The molecule has 27 heavy (non-hydrogen) atoms. The van der Waals surface area contributed by atoms with Crippen molar-refractivity contribution in [1.29, 1.82) is 0 Å². The first kappa shape index (κ1) is 17.8. The van der Waals surface area contributed by atoms with Crippen LogP contribution in [0.1, 0.15) is 54.9 Å². The number of fused-ring (bicyclic) bond motifs is 3. The average Bonchev–Trinajstić information content (AvgIpc) is 3.04. The predicted molar refractivity (Wildman–Crippen MR) is 107 cm³/mol. The highest BCUT2D eigenvalue weighted by molar-refractivity contribution is 7.19. The van der Waals surface area contributed by atoms with E-state index < -0.39 is 6.29 Å². The Morgan fingerprint density at radius 2 is 2.00 bits per heavy atom. The molecule has 2 aromatic heterocycles. The van der Waals surface area contributed by atoms with Crippen LogP contribution in [0.5, 0.6) is 0 Å². The van der Waals surface area contributed by atoms with E-state index in [1.165, 1.54) is 41.5 Å². The van der Waals surface area contributed by atoms with E-state index in [0.717, 1.165) is 29.9 Å². The molecular weight excluding hydrogens is 360 g/mol. The minimum Gasteiger partial charge on any atom is -0.367 e. The minimum absolute atomic E-state index is 0.0123. The number of hydrogen-bond donors (Lipinski definition) is 2. The van der Waals surface area contributed by atoms with Gasteiger partial charge in [0.25, 0.3) is 0 Å². The molecule has 0 radical (unpaired) electrons. The van der Waals surface area contributed by atoms with Crippen molar-refractivity contribution in [3.05, 3.63) is 16.8 Å². The van der Waals surface area contributed by atoms with Crippen LogP contribution < -0.4 is 5.32 Å². The largest absolute Gasteiger partial charge is 0.367 e. The predicted octanol–water partition coefficient (Wildman–Crippen LogP) is 3.11. The number of aromatic nitrogens is 2. The fourth-order valence-corrected chi connectivity index (χ4v) is 6.17. The van der Waals surface area contributed by atoms with E-state index in [-0.39, 0.29) is 6.10 Å². The lowest BCUT2D eigenvalue weighted by Crippen LogP contribution is -2.36. The summed E-state index contributed by atoms with van der Waals surface area (Å²) in [5.41, 5.74) is 1.42. The summed E-state index contributed by atoms with van der Waals surface area (Å²) in [7, 11) is 4.36. The van der Waals surface area contributed by atoms with E-state index in [2.05, 4.69) is 34.3 Å². The van der Waals surface area contributed by atoms with Gasteiger partial charge in [-0.15, -0.1) is 11.3 Å². The second-order valence-electron chi connectivity index (χ2n) is 8.49. The van der Waals surface area contributed by atoms with Crippen molar-refractivity contribution < 1.29 is 9.84 Å². The van der Waals surface area contributed by atoms with E-state index in [1.807, 2.05) is 11.3 Å². The third kappa shape index (κ3) is 3.35. The van der Waals surface area contributed by atoms with Gasteiger partial charge in [-0.25, -0.2) is 9.97 Å². The number of thiophene rings is 1. The van der Waals surface area contributed by atoms with Gasteiger partial charge in [0.15, 0.2) is 6.29 Å². The van der Waals surface area contributed by atoms with Crippen molar-refractivity contribution in [2.45, 2.75) is 75.3 Å². The maximum absolute atomic E-state index is 9.57. The van der Waals surface area contributed by atoms with Crippen LogP contribution in [0, 0.1) is 0 Å². The van der Waals surface area contributed by atoms with Gasteiger partial charge in [0.2, 0.25) is 0 Å². The van der Waals surface area contributed by atoms with Crippen molar-refractivity contribution in [3.63, 3.8) is 0 Å². The smallest absolute Gasteiger partial charge is 0.181 e. The first-order valence-corrected chi connectivity index (χ1v) is 10.9. The van der Waals surface area contributed by atoms with E-state index in [9.17, 15) is 5.11 Å². The Balaban J connectivity index is 1.39. The molecule has 3 aliphatic rings. The highest BCUT2D eigenvalue weighted by Gasteiger charge is 2.41. The maximum Gasteiger partial charge on any atom is 0.181 e. The van der Waals surface area contributed by atoms with Crippen LogP contribution >= 0.6 is 11.3 Å². The Morgan fingerprint density at radius 1 is 1.22 bits per heavy atom. The molecule has 2 aliphatic carbocycles. The van der Waals surface area contributed by atoms with Gasteiger partial charge >= 0.3 is 0 Å². The number of ether oxygens (including phenoxy) is 1. The molecule has 146 valence electrons. The fraction of sp³-hybridized carbons (Fsp3) is 0.700. The van der Waals surface area contributed by atoms with Gasteiger partial charge in [-0.2, -0.15) is 0 Å². The van der Waals surface area contributed by atoms with Crippen LogP contribution in [0.4, 0.5) is 5.82 Å². The summed E-state index contributed by atoms with van der Waals surface area (Å²) in [5, 5.41) is 14.6. The molecule has 2 N–H and O–H groups in total. The van der Waals surface area contributed by atoms with Gasteiger partial charge in [-0.3, -0.25) is 0 Å². The Kier molecular flexibility index (Phi) is 4.58. The topological polar surface area (TPSA) is 73.8 Å². The molecule has 0 bridgehead atoms. The van der Waals surface area contributed by atoms with Crippen LogP contribution in [-0.4, -0.2) is 58.5 Å². The third-order valence-electron chi connectivity index (χ3n) is 6.57. The summed E-state index contributed by atoms with van der Waals surface area (Å²) in [4.78, 5) is 14.1. The quantitative estimate of drug-likeness (QED) is 0.767. The molecular formula is C20H28N4O2S. The number of aliphatic hydroxyl groups is 1. The molecule has 3 atom stereocenters. The molecule has 1 aliphatic heterocycles. The zero-order valence-electron chi connectivity index (χ0n) is 16.0. The number of hydrogen-bond acceptors (Lipinski definition) is 7. The first-order valence-electron chi connectivity index (χ1n) is 10.1. The van der Waals surface area contributed by atoms with Gasteiger partial charge in [0, 0.05) is 17.0 Å². The zero-order valence-corrected chi connectivity index (χ0v) is 16.8. The van der Waals surface area contributed by atoms with Crippen molar-refractivity contribution in [2.75, 3.05) is 19.4 Å². The number of nitrogens with zero attached hydrogens (tertiary/aromatic N) is 3. The third-order valence-corrected chi connectivity index (χ3v) is 7.74. The Hall–Kier alpha value is -1.28. The Bertz CT molecular complexity index is 831. The Morgan fingerprint density at radius 3 is 2.70 bits per heavy atom. The summed E-state index contributed by atoms with van der Waals surface area (Å²) < 4.78 is 5.27. The van der Waals surface area contributed by atoms with Crippen LogP contribution in [-0.2, 0) is 11.2 Å². The van der Waals surface area contributed by atoms with Gasteiger partial charge < -0.3 is 20.1 Å². The molecule has 2 aromatic rings. The van der Waals surface area contributed by atoms with Crippen molar-refractivity contribution >= 4 is 27.4 Å². The van der Waals surface area contributed by atoms with Crippen molar-refractivity contribution in [1.82, 2.24) is 14.9 Å². The molecule has 0 aromatic carbocycles. The highest BCUT2D eigenvalue weighted by atomic mass is 32.1. The summed E-state index contributed by atoms with van der Waals surface area (Å²) in [6, 6.07) is 1.19. The van der Waals surface area contributed by atoms with Crippen LogP contribution in [0.15, 0.2) is 6.33 Å². The van der Waals surface area contributed by atoms with Crippen molar-refractivity contribution in [2.24, 2.45) is 0 Å². The van der Waals surface area contributed by atoms with Gasteiger partial charge in [-0.05, 0) is 70.5 Å². The van der Waals surface area contributed by atoms with Crippen LogP contribution in [0.3, 0.4) is 0 Å². The number of aliphatic hydroxyl groups excluding tert-OH is 1. The lowest BCUT2D eigenvalue weighted by atomic mass is 9.90. The SMILES string of the molecule is CN(C)C1CCC(Nc2ncnc3sc4c(c23)C(CC2OC2O)CC4)CC1. The molecule has 7 heteroatoms. The zero-order chi connectivity index (χ0) is 18.5. The molecule has 3 unspecified atom stereocenters. The minimum atomic E-state index is -0.556. The molecule has 5 rings (SSSR count). The van der Waals surface area contributed by atoms with Crippen LogP contribution in [0.25, 0.3) is 10.2 Å². The number of aryl methyl sites for hydroxylation is 1. The Labute approximate surface area is 164 Å². The van der Waals surface area contributed by atoms with E-state index in [0.29, 0.717) is 18.0 Å². The monoisotopic (exact) mass is 388 g/mol. The number of rotatable bonds is 5. The van der Waals surface area contributed by atoms with Crippen molar-refractivity contribution in [3.8, 4) is 0 Å². The van der Waals surface area contributed by atoms with Gasteiger partial charge in [0.05, 0.1) is 5.39 Å². The van der Waals surface area contributed by atoms with E-state index in [1.54, 1.807) is 6.33 Å². The molecule has 6 nitrogen and oxygen atoms in total. The molecule has 3 heterocycles. The average molecular weight is 389 g/mol. The molecule has 0 spiro atoms. The molecule has 2 fully saturated rings. The van der Waals surface area contributed by atoms with Gasteiger partial charge in [0.1, 0.15) is 23.1 Å². The fourth-order valence-electron chi connectivity index (χ4n) is 4.93. The number of nitrogens with one attached hydrogen (secondary N) is 1. The van der Waals surface area contributed by atoms with E-state index >= 15 is 0 Å². The second-order valence-corrected chi connectivity index (χ2v) is 9.57. The second kappa shape index (κ2) is 6.95. The number of anilines is 1. The normalized spacial score (nSPS) is 32.8. The standard InChI is InChI=1S/C20H28N4O2S/c1-24(2)13-6-4-12(5-7-13)23-18-17-16-11(9-14-20(25)26-14)3-8-15(16)27-19(17)22-10-21-18/h10-14,20,25H,3-9H2,1-2H3,(H,21,22,23). The summed E-state index contributed by atoms with van der Waals surface area (Å²) >= 11 is 1.82. The summed E-state index contributed by atoms with van der Waals surface area (Å²) in [6.45, 7) is 0. The van der Waals surface area contributed by atoms with E-state index in [4.69, 9.17) is 4.74 Å². The molecule has 1 saturated carbocycles. The van der Waals surface area contributed by atoms with Gasteiger partial charge in [-0.1, -0.05) is 0 Å². The molecule has 1 saturated heterocycles. The lowest BCUT2D eigenvalue weighted by molar-refractivity contribution is 0.156. The van der Waals surface area contributed by atoms with Crippen LogP contribution in [0.2, 0.25) is 0 Å². The number of epoxide rings is 1. The summed E-state index contributed by atoms with van der Waals surface area (Å²) in [6.07, 6.45) is 9.16. The summed E-state index contributed by atoms with van der Waals surface area (Å²) in [5.74, 6) is 1.46. The first-order chi connectivity index (χ1) is 13.1. The highest BCUT2D eigenvalue weighted by Crippen LogP contribution is 2.48. The molecule has 0 amide bonds.